The van der Waals surface area contributed by atoms with Gasteiger partial charge in [-0.3, -0.25) is 0 Å². The SMILES string of the molecule is O=S(=O)(/N=C/c1cccc(F)c1Br)c1ccc(F)cc1. The molecule has 7 heteroatoms. The van der Waals surface area contributed by atoms with Crippen molar-refractivity contribution in [2.24, 2.45) is 4.40 Å². The second-order valence-electron chi connectivity index (χ2n) is 3.81. The smallest absolute Gasteiger partial charge is 0.207 e. The summed E-state index contributed by atoms with van der Waals surface area (Å²) in [6, 6.07) is 8.46. The quantitative estimate of drug-likeness (QED) is 0.787. The summed E-state index contributed by atoms with van der Waals surface area (Å²) in [5.74, 6) is -1.06. The van der Waals surface area contributed by atoms with E-state index in [1.807, 2.05) is 0 Å². The molecule has 0 aliphatic rings. The molecule has 2 rings (SSSR count). The van der Waals surface area contributed by atoms with E-state index in [2.05, 4.69) is 20.3 Å². The van der Waals surface area contributed by atoms with Crippen LogP contribution in [0.25, 0.3) is 0 Å². The molecule has 3 nitrogen and oxygen atoms in total. The van der Waals surface area contributed by atoms with Gasteiger partial charge in [0.2, 0.25) is 0 Å². The fourth-order valence-corrected chi connectivity index (χ4v) is 2.63. The summed E-state index contributed by atoms with van der Waals surface area (Å²) in [7, 11) is -3.95. The average Bonchev–Trinajstić information content (AvgIpc) is 2.41. The van der Waals surface area contributed by atoms with Gasteiger partial charge in [-0.25, -0.2) is 8.78 Å². The van der Waals surface area contributed by atoms with Crippen molar-refractivity contribution < 1.29 is 17.2 Å². The first kappa shape index (κ1) is 14.8. The maximum Gasteiger partial charge on any atom is 0.282 e. The molecular formula is C13H8BrF2NO2S. The second kappa shape index (κ2) is 5.80. The molecule has 2 aromatic carbocycles. The average molecular weight is 360 g/mol. The number of hydrogen-bond acceptors (Lipinski definition) is 2. The van der Waals surface area contributed by atoms with Crippen LogP contribution in [0.1, 0.15) is 5.56 Å². The van der Waals surface area contributed by atoms with Crippen LogP contribution in [-0.2, 0) is 10.0 Å². The standard InChI is InChI=1S/C13H8BrF2NO2S/c14-13-9(2-1-3-12(13)16)8-17-20(18,19)11-6-4-10(15)5-7-11/h1-8H/b17-8+. The van der Waals surface area contributed by atoms with Crippen LogP contribution >= 0.6 is 15.9 Å². The maximum atomic E-state index is 13.3. The highest BCUT2D eigenvalue weighted by molar-refractivity contribution is 9.10. The van der Waals surface area contributed by atoms with Gasteiger partial charge in [0.05, 0.1) is 9.37 Å². The van der Waals surface area contributed by atoms with Crippen molar-refractivity contribution in [2.75, 3.05) is 0 Å². The Morgan fingerprint density at radius 3 is 2.35 bits per heavy atom. The van der Waals surface area contributed by atoms with Crippen LogP contribution in [0.4, 0.5) is 8.78 Å². The van der Waals surface area contributed by atoms with Gasteiger partial charge in [0.15, 0.2) is 0 Å². The van der Waals surface area contributed by atoms with Gasteiger partial charge in [-0.2, -0.15) is 12.8 Å². The third kappa shape index (κ3) is 3.29. The Hall–Kier alpha value is -1.60. The van der Waals surface area contributed by atoms with Gasteiger partial charge in [-0.15, -0.1) is 0 Å². The highest BCUT2D eigenvalue weighted by Crippen LogP contribution is 2.20. The molecule has 0 saturated carbocycles. The summed E-state index contributed by atoms with van der Waals surface area (Å²) >= 11 is 3.00. The lowest BCUT2D eigenvalue weighted by Gasteiger charge is -2.00. The third-order valence-electron chi connectivity index (χ3n) is 2.42. The summed E-state index contributed by atoms with van der Waals surface area (Å²) in [6.45, 7) is 0. The first-order valence-electron chi connectivity index (χ1n) is 5.40. The summed E-state index contributed by atoms with van der Waals surface area (Å²) in [6.07, 6.45) is 1.03. The fourth-order valence-electron chi connectivity index (χ4n) is 1.41. The minimum absolute atomic E-state index is 0.123. The molecular weight excluding hydrogens is 352 g/mol. The zero-order valence-corrected chi connectivity index (χ0v) is 12.3. The maximum absolute atomic E-state index is 13.3. The van der Waals surface area contributed by atoms with Gasteiger partial charge < -0.3 is 0 Å². The zero-order chi connectivity index (χ0) is 14.8. The molecule has 20 heavy (non-hydrogen) atoms. The van der Waals surface area contributed by atoms with Crippen molar-refractivity contribution in [3.63, 3.8) is 0 Å². The summed E-state index contributed by atoms with van der Waals surface area (Å²) in [5.41, 5.74) is 0.288. The first-order valence-corrected chi connectivity index (χ1v) is 7.63. The lowest BCUT2D eigenvalue weighted by Crippen LogP contribution is -1.98. The van der Waals surface area contributed by atoms with E-state index >= 15 is 0 Å². The molecule has 0 spiro atoms. The molecule has 0 saturated heterocycles. The molecule has 0 heterocycles. The predicted octanol–water partition coefficient (Wildman–Crippen LogP) is 3.54. The molecule has 0 amide bonds. The minimum atomic E-state index is -3.95. The van der Waals surface area contributed by atoms with Crippen molar-refractivity contribution in [3.05, 3.63) is 64.1 Å². The zero-order valence-electron chi connectivity index (χ0n) is 9.92. The van der Waals surface area contributed by atoms with E-state index in [0.717, 1.165) is 30.5 Å². The largest absolute Gasteiger partial charge is 0.282 e. The van der Waals surface area contributed by atoms with E-state index in [9.17, 15) is 17.2 Å². The Morgan fingerprint density at radius 2 is 1.70 bits per heavy atom. The molecule has 0 fully saturated rings. The van der Waals surface area contributed by atoms with Crippen LogP contribution < -0.4 is 0 Å². The van der Waals surface area contributed by atoms with E-state index < -0.39 is 21.7 Å². The molecule has 0 unspecified atom stereocenters. The molecule has 0 aliphatic heterocycles. The summed E-state index contributed by atoms with van der Waals surface area (Å²) in [5, 5.41) is 0. The Labute approximate surface area is 123 Å². The van der Waals surface area contributed by atoms with Gasteiger partial charge in [-0.1, -0.05) is 12.1 Å². The number of rotatable bonds is 3. The molecule has 0 atom stereocenters. The van der Waals surface area contributed by atoms with E-state index in [4.69, 9.17) is 0 Å². The number of benzene rings is 2. The first-order chi connectivity index (χ1) is 9.40. The van der Waals surface area contributed by atoms with Gasteiger partial charge in [-0.05, 0) is 46.3 Å². The number of nitrogens with zero attached hydrogens (tertiary/aromatic N) is 1. The van der Waals surface area contributed by atoms with Gasteiger partial charge in [0, 0.05) is 11.8 Å². The lowest BCUT2D eigenvalue weighted by atomic mass is 10.2. The van der Waals surface area contributed by atoms with Gasteiger partial charge in [0.1, 0.15) is 11.6 Å². The van der Waals surface area contributed by atoms with Crippen LogP contribution in [-0.4, -0.2) is 14.6 Å². The Kier molecular flexibility index (Phi) is 4.29. The number of sulfonamides is 1. The topological polar surface area (TPSA) is 46.5 Å². The molecule has 0 aliphatic carbocycles. The van der Waals surface area contributed by atoms with Crippen LogP contribution in [0, 0.1) is 11.6 Å². The van der Waals surface area contributed by atoms with Gasteiger partial charge in [0.25, 0.3) is 10.0 Å². The number of halogens is 3. The molecule has 2 aromatic rings. The van der Waals surface area contributed by atoms with Crippen molar-refractivity contribution in [2.45, 2.75) is 4.90 Å². The van der Waals surface area contributed by atoms with E-state index in [1.165, 1.54) is 18.2 Å². The van der Waals surface area contributed by atoms with E-state index in [-0.39, 0.29) is 14.9 Å². The Bertz CT molecular complexity index is 758. The van der Waals surface area contributed by atoms with E-state index in [0.29, 0.717) is 0 Å². The van der Waals surface area contributed by atoms with Crippen molar-refractivity contribution >= 4 is 32.2 Å². The highest BCUT2D eigenvalue weighted by Gasteiger charge is 2.12. The Balaban J connectivity index is 2.35. The van der Waals surface area contributed by atoms with Crippen LogP contribution in [0.5, 0.6) is 0 Å². The van der Waals surface area contributed by atoms with Crippen molar-refractivity contribution in [3.8, 4) is 0 Å². The predicted molar refractivity (Wildman–Crippen MR) is 75.3 cm³/mol. The molecule has 104 valence electrons. The summed E-state index contributed by atoms with van der Waals surface area (Å²) in [4.78, 5) is -0.136. The molecule has 0 bridgehead atoms. The van der Waals surface area contributed by atoms with Gasteiger partial charge >= 0.3 is 0 Å². The van der Waals surface area contributed by atoms with E-state index in [1.54, 1.807) is 0 Å². The summed E-state index contributed by atoms with van der Waals surface area (Å²) < 4.78 is 53.4. The van der Waals surface area contributed by atoms with Crippen LogP contribution in [0.15, 0.2) is 56.2 Å². The normalized spacial score (nSPS) is 11.9. The minimum Gasteiger partial charge on any atom is -0.207 e. The fraction of sp³-hybridized carbons (Fsp3) is 0. The molecule has 0 aromatic heterocycles. The van der Waals surface area contributed by atoms with Crippen molar-refractivity contribution in [1.29, 1.82) is 0 Å². The van der Waals surface area contributed by atoms with Crippen LogP contribution in [0.2, 0.25) is 0 Å². The monoisotopic (exact) mass is 359 g/mol. The van der Waals surface area contributed by atoms with Crippen LogP contribution in [0.3, 0.4) is 0 Å². The van der Waals surface area contributed by atoms with Crippen molar-refractivity contribution in [1.82, 2.24) is 0 Å². The molecule has 0 radical (unpaired) electrons. The lowest BCUT2D eigenvalue weighted by molar-refractivity contribution is 0.596. The second-order valence-corrected chi connectivity index (χ2v) is 6.23. The number of hydrogen-bond donors (Lipinski definition) is 0. The third-order valence-corrected chi connectivity index (χ3v) is 4.51. The highest BCUT2D eigenvalue weighted by atomic mass is 79.9. The Morgan fingerprint density at radius 1 is 1.05 bits per heavy atom. The molecule has 0 N–H and O–H groups in total.